The van der Waals surface area contributed by atoms with Gasteiger partial charge in [-0.05, 0) is 36.8 Å². The van der Waals surface area contributed by atoms with Gasteiger partial charge in [-0.15, -0.1) is 0 Å². The van der Waals surface area contributed by atoms with E-state index < -0.39 is 34.0 Å². The molecular weight excluding hydrogens is 435 g/mol. The quantitative estimate of drug-likeness (QED) is 0.342. The molecule has 11 nitrogen and oxygen atoms in total. The highest BCUT2D eigenvalue weighted by Gasteiger charge is 2.35. The lowest BCUT2D eigenvalue weighted by molar-refractivity contribution is -0.384. The Balaban J connectivity index is 1.64. The maximum absolute atomic E-state index is 13.1. The molecule has 2 aromatic carbocycles. The summed E-state index contributed by atoms with van der Waals surface area (Å²) in [5.74, 6) is -2.90. The van der Waals surface area contributed by atoms with Crippen LogP contribution in [0.15, 0.2) is 47.3 Å². The molecule has 0 unspecified atom stereocenters. The Hall–Kier alpha value is -4.61. The van der Waals surface area contributed by atoms with Gasteiger partial charge in [0, 0.05) is 24.2 Å². The van der Waals surface area contributed by atoms with Gasteiger partial charge in [-0.25, -0.2) is 4.39 Å². The van der Waals surface area contributed by atoms with Crippen LogP contribution in [0, 0.1) is 22.9 Å². The van der Waals surface area contributed by atoms with Gasteiger partial charge >= 0.3 is 0 Å². The van der Waals surface area contributed by atoms with Gasteiger partial charge in [-0.3, -0.25) is 29.5 Å². The molecule has 1 aromatic heterocycles. The number of nitro groups is 1. The van der Waals surface area contributed by atoms with E-state index in [4.69, 9.17) is 0 Å². The number of non-ortho nitro benzene ring substituents is 1. The number of aromatic nitrogens is 2. The number of rotatable bonds is 5. The molecule has 12 heteroatoms. The van der Waals surface area contributed by atoms with Crippen molar-refractivity contribution in [3.8, 4) is 0 Å². The second kappa shape index (κ2) is 8.49. The predicted molar refractivity (Wildman–Crippen MR) is 117 cm³/mol. The number of carbonyl (C=O) groups excluding carboxylic acids is 2. The first-order valence-corrected chi connectivity index (χ1v) is 9.74. The molecule has 0 bridgehead atoms. The smallest absolute Gasteiger partial charge is 0.271 e. The van der Waals surface area contributed by atoms with Crippen LogP contribution >= 0.6 is 0 Å². The second-order valence-electron chi connectivity index (χ2n) is 7.36. The van der Waals surface area contributed by atoms with Crippen molar-refractivity contribution in [3.05, 3.63) is 79.9 Å². The summed E-state index contributed by atoms with van der Waals surface area (Å²) in [5, 5.41) is 18.9. The highest BCUT2D eigenvalue weighted by molar-refractivity contribution is 6.04. The van der Waals surface area contributed by atoms with E-state index in [1.807, 2.05) is 0 Å². The summed E-state index contributed by atoms with van der Waals surface area (Å²) in [7, 11) is 0. The molecule has 1 atom stereocenters. The highest BCUT2D eigenvalue weighted by Crippen LogP contribution is 2.31. The fraction of sp³-hybridized carbons (Fsp3) is 0.143. The number of H-pyrrole nitrogens is 1. The maximum Gasteiger partial charge on any atom is 0.271 e. The van der Waals surface area contributed by atoms with Crippen LogP contribution in [-0.2, 0) is 9.59 Å². The number of aromatic amines is 1. The first kappa shape index (κ1) is 21.6. The number of fused-ring (bicyclic) bond motifs is 1. The number of nitrogens with zero attached hydrogens (tertiary/aromatic N) is 2. The van der Waals surface area contributed by atoms with Gasteiger partial charge < -0.3 is 16.0 Å². The zero-order chi connectivity index (χ0) is 23.7. The number of nitrogens with one attached hydrogen (secondary N) is 4. The van der Waals surface area contributed by atoms with E-state index in [0.717, 1.165) is 0 Å². The minimum Gasteiger partial charge on any atom is -0.326 e. The third-order valence-electron chi connectivity index (χ3n) is 5.06. The van der Waals surface area contributed by atoms with E-state index in [1.165, 1.54) is 42.5 Å². The molecule has 2 heterocycles. The van der Waals surface area contributed by atoms with Gasteiger partial charge in [0.15, 0.2) is 0 Å². The van der Waals surface area contributed by atoms with E-state index in [9.17, 15) is 28.9 Å². The van der Waals surface area contributed by atoms with Crippen molar-refractivity contribution in [2.24, 2.45) is 0 Å². The standard InChI is InChI=1S/C21H17FN6O5/c1-10-2-7-13(28(32)33)8-15(10)24-19(30)14-9-16(29)25-18-17(14)20(31)27-21(26-18)23-12-5-3-11(22)4-6-12/h2-8,14H,9H2,1H3,(H,24,30)(H3,23,25,26,27,29,31)/t14-/m0/s1. The van der Waals surface area contributed by atoms with E-state index in [2.05, 4.69) is 25.9 Å². The van der Waals surface area contributed by atoms with Crippen LogP contribution < -0.4 is 21.5 Å². The number of aryl methyl sites for hydroxylation is 1. The van der Waals surface area contributed by atoms with Crippen LogP contribution in [0.3, 0.4) is 0 Å². The lowest BCUT2D eigenvalue weighted by Crippen LogP contribution is -2.36. The summed E-state index contributed by atoms with van der Waals surface area (Å²) in [5.41, 5.74) is 0.298. The monoisotopic (exact) mass is 452 g/mol. The molecule has 33 heavy (non-hydrogen) atoms. The fourth-order valence-electron chi connectivity index (χ4n) is 3.40. The molecule has 0 radical (unpaired) electrons. The largest absolute Gasteiger partial charge is 0.326 e. The molecule has 0 saturated heterocycles. The van der Waals surface area contributed by atoms with Gasteiger partial charge in [0.2, 0.25) is 17.8 Å². The minimum absolute atomic E-state index is 0.0127. The molecule has 0 aliphatic carbocycles. The van der Waals surface area contributed by atoms with Crippen LogP contribution in [0.2, 0.25) is 0 Å². The molecule has 0 spiro atoms. The number of benzene rings is 2. The van der Waals surface area contributed by atoms with Crippen molar-refractivity contribution in [2.45, 2.75) is 19.3 Å². The normalized spacial score (nSPS) is 14.7. The Morgan fingerprint density at radius 3 is 2.64 bits per heavy atom. The fourth-order valence-corrected chi connectivity index (χ4v) is 3.40. The number of amides is 2. The summed E-state index contributed by atoms with van der Waals surface area (Å²) in [6, 6.07) is 9.30. The molecule has 4 rings (SSSR count). The van der Waals surface area contributed by atoms with Gasteiger partial charge in [-0.1, -0.05) is 6.07 Å². The molecule has 168 valence electrons. The van der Waals surface area contributed by atoms with Crippen molar-refractivity contribution < 1.29 is 18.9 Å². The van der Waals surface area contributed by atoms with Crippen LogP contribution in [0.5, 0.6) is 0 Å². The minimum atomic E-state index is -1.16. The zero-order valence-corrected chi connectivity index (χ0v) is 17.1. The number of carbonyl (C=O) groups is 2. The molecule has 4 N–H and O–H groups in total. The van der Waals surface area contributed by atoms with Crippen molar-refractivity contribution >= 4 is 40.6 Å². The first-order valence-electron chi connectivity index (χ1n) is 9.74. The lowest BCUT2D eigenvalue weighted by atomic mass is 9.92. The second-order valence-corrected chi connectivity index (χ2v) is 7.36. The van der Waals surface area contributed by atoms with Crippen LogP contribution in [0.1, 0.15) is 23.5 Å². The SMILES string of the molecule is Cc1ccc([N+](=O)[O-])cc1NC(=O)[C@H]1CC(=O)Nc2nc(Nc3ccc(F)cc3)[nH]c(=O)c21. The molecular formula is C21H17FN6O5. The van der Waals surface area contributed by atoms with Crippen LogP contribution in [-0.4, -0.2) is 26.7 Å². The zero-order valence-electron chi connectivity index (χ0n) is 17.1. The molecule has 1 aliphatic heterocycles. The number of halogens is 1. The van der Waals surface area contributed by atoms with Gasteiger partial charge in [0.05, 0.1) is 22.1 Å². The number of nitro benzene ring substituents is 1. The number of hydrogen-bond acceptors (Lipinski definition) is 7. The molecule has 0 saturated carbocycles. The Kier molecular flexibility index (Phi) is 5.56. The van der Waals surface area contributed by atoms with E-state index >= 15 is 0 Å². The van der Waals surface area contributed by atoms with Gasteiger partial charge in [0.1, 0.15) is 11.6 Å². The predicted octanol–water partition coefficient (Wildman–Crippen LogP) is 2.93. The average Bonchev–Trinajstić information content (AvgIpc) is 2.75. The number of anilines is 4. The third-order valence-corrected chi connectivity index (χ3v) is 5.06. The van der Waals surface area contributed by atoms with Crippen LogP contribution in [0.4, 0.5) is 33.2 Å². The number of hydrogen-bond donors (Lipinski definition) is 4. The van der Waals surface area contributed by atoms with Gasteiger partial charge in [0.25, 0.3) is 11.2 Å². The van der Waals surface area contributed by atoms with E-state index in [-0.39, 0.29) is 35.1 Å². The Morgan fingerprint density at radius 2 is 1.94 bits per heavy atom. The van der Waals surface area contributed by atoms with Gasteiger partial charge in [-0.2, -0.15) is 4.98 Å². The topological polar surface area (TPSA) is 159 Å². The third kappa shape index (κ3) is 4.54. The summed E-state index contributed by atoms with van der Waals surface area (Å²) in [6.07, 6.45) is -0.303. The van der Waals surface area contributed by atoms with Crippen molar-refractivity contribution in [1.29, 1.82) is 0 Å². The Labute approximate surface area is 185 Å². The molecule has 2 amide bonds. The van der Waals surface area contributed by atoms with E-state index in [1.54, 1.807) is 6.92 Å². The molecule has 3 aromatic rings. The lowest BCUT2D eigenvalue weighted by Gasteiger charge is -2.24. The summed E-state index contributed by atoms with van der Waals surface area (Å²) in [6.45, 7) is 1.66. The van der Waals surface area contributed by atoms with Crippen molar-refractivity contribution in [1.82, 2.24) is 9.97 Å². The van der Waals surface area contributed by atoms with E-state index in [0.29, 0.717) is 11.3 Å². The molecule has 1 aliphatic rings. The molecule has 0 fully saturated rings. The Bertz CT molecular complexity index is 1340. The highest BCUT2D eigenvalue weighted by atomic mass is 19.1. The maximum atomic E-state index is 13.1. The first-order chi connectivity index (χ1) is 15.7. The summed E-state index contributed by atoms with van der Waals surface area (Å²) >= 11 is 0. The average molecular weight is 452 g/mol. The van der Waals surface area contributed by atoms with Crippen molar-refractivity contribution in [2.75, 3.05) is 16.0 Å². The van der Waals surface area contributed by atoms with Crippen molar-refractivity contribution in [3.63, 3.8) is 0 Å². The van der Waals surface area contributed by atoms with Crippen LogP contribution in [0.25, 0.3) is 0 Å². The summed E-state index contributed by atoms with van der Waals surface area (Å²) < 4.78 is 13.1. The Morgan fingerprint density at radius 1 is 1.21 bits per heavy atom. The summed E-state index contributed by atoms with van der Waals surface area (Å²) in [4.78, 5) is 55.1.